The van der Waals surface area contributed by atoms with Crippen molar-refractivity contribution in [2.24, 2.45) is 23.5 Å². The van der Waals surface area contributed by atoms with E-state index in [1.807, 2.05) is 67.2 Å². The van der Waals surface area contributed by atoms with Crippen LogP contribution in [0, 0.1) is 105 Å². The predicted molar refractivity (Wildman–Crippen MR) is 453 cm³/mol. The van der Waals surface area contributed by atoms with E-state index in [1.165, 1.54) is 67.8 Å². The molecule has 4 aliphatic rings. The number of amides is 1. The molecule has 0 aliphatic carbocycles. The van der Waals surface area contributed by atoms with Gasteiger partial charge in [0.2, 0.25) is 11.9 Å². The summed E-state index contributed by atoms with van der Waals surface area (Å²) in [5, 5.41) is 41.0. The third-order valence-corrected chi connectivity index (χ3v) is 22.5. The number of methoxy groups -OCH3 is 1. The van der Waals surface area contributed by atoms with Crippen LogP contribution >= 0.6 is 0 Å². The second-order valence-electron chi connectivity index (χ2n) is 37.4. The first-order valence-electron chi connectivity index (χ1n) is 40.9. The summed E-state index contributed by atoms with van der Waals surface area (Å²) >= 11 is 0. The molecular formula is C94H129F12N9O7Y. The summed E-state index contributed by atoms with van der Waals surface area (Å²) in [4.78, 5) is 49.7. The molecule has 0 bridgehead atoms. The number of benzene rings is 6. The van der Waals surface area contributed by atoms with Gasteiger partial charge < -0.3 is 36.0 Å². The zero-order valence-electron chi connectivity index (χ0n) is 74.0. The fourth-order valence-electron chi connectivity index (χ4n) is 15.3. The standard InChI is InChI=1S/C17H23F2NO2.2C16H22F2N2O.C16H20F2N2.C16H21F2NO2.C12H17F2NO.CH4.Y/c1-17(2,3)20-8-7-13(16(21)22-4)14(10-20)12-6-5-11(18)9-15(12)19;1-16(2,3)20-7-6-12(15(19)21)13(9-20)11-5-4-10(17)8-14(11)18;1-16(2,3)20(9-5-4-8-19)11-15(21)13-7-6-12(17)10-14(13)18;1-16(2,3)20-8-7-15(19-4)13(10-20)12-6-5-11(17)9-14(12)18;1-16(2,3)19-7-6-12(15(20)21)13(9-19)11-5-4-10(17)8-14(11)18;1-12(2,3)15-7-11(16)9-5-4-8(13)6-10(9)14;;/h5-6,9,13-14H,7-8,10H2,1-4H3;4-5,8,12-13H,6-7,9H2,1-3H3,(H2,19,21);6-7,10,15,21H,4-5,9,11H2,1-3H3;5-6,9,13,15H,7-8,10H2,1-3H3;4-5,8,12-13H,6-7,9H2,1-3H3,(H,20,21);4-6,11,15-16H,7H2,1-3H3;1H4;/t13-,14+;12-,13+;15-;13-,15?;12-,13+;11-;;/m111011../s1. The molecule has 10 rings (SSSR count). The van der Waals surface area contributed by atoms with Crippen molar-refractivity contribution in [3.63, 3.8) is 0 Å². The Morgan fingerprint density at radius 1 is 0.504 bits per heavy atom. The van der Waals surface area contributed by atoms with E-state index < -0.39 is 118 Å². The average molecular weight is 1810 g/mol. The van der Waals surface area contributed by atoms with Crippen LogP contribution in [0.3, 0.4) is 0 Å². The van der Waals surface area contributed by atoms with E-state index in [4.69, 9.17) is 22.3 Å². The maximum atomic E-state index is 14.2. The van der Waals surface area contributed by atoms with E-state index in [0.717, 1.165) is 74.6 Å². The van der Waals surface area contributed by atoms with E-state index in [0.29, 0.717) is 88.1 Å². The monoisotopic (exact) mass is 1810 g/mol. The number of carboxylic acids is 1. The minimum atomic E-state index is -1.04. The summed E-state index contributed by atoms with van der Waals surface area (Å²) in [5.74, 6) is -12.1. The molecule has 4 saturated heterocycles. The summed E-state index contributed by atoms with van der Waals surface area (Å²) in [6.07, 6.45) is 1.50. The summed E-state index contributed by atoms with van der Waals surface area (Å²) in [7, 11) is 1.34. The van der Waals surface area contributed by atoms with Crippen LogP contribution in [0.2, 0.25) is 0 Å². The number of hydrogen-bond donors (Lipinski definition) is 5. The molecule has 679 valence electrons. The Balaban J connectivity index is 0.000000381. The summed E-state index contributed by atoms with van der Waals surface area (Å²) in [6.45, 7) is 50.4. The molecule has 0 aromatic heterocycles. The van der Waals surface area contributed by atoms with Gasteiger partial charge in [0.05, 0.1) is 43.1 Å². The van der Waals surface area contributed by atoms with Crippen molar-refractivity contribution in [2.45, 2.75) is 246 Å². The second-order valence-corrected chi connectivity index (χ2v) is 37.4. The molecule has 16 nitrogen and oxygen atoms in total. The van der Waals surface area contributed by atoms with Gasteiger partial charge in [-0.15, -0.1) is 0 Å². The van der Waals surface area contributed by atoms with Crippen molar-refractivity contribution in [2.75, 3.05) is 79.1 Å². The molecular weight excluding hydrogens is 1680 g/mol. The molecule has 0 saturated carbocycles. The van der Waals surface area contributed by atoms with Crippen LogP contribution in [0.4, 0.5) is 52.7 Å². The van der Waals surface area contributed by atoms with Crippen molar-refractivity contribution in [1.29, 1.82) is 5.26 Å². The Morgan fingerprint density at radius 2 is 0.813 bits per heavy atom. The number of hydrogen-bond acceptors (Lipinski definition) is 13. The van der Waals surface area contributed by atoms with Gasteiger partial charge in [-0.2, -0.15) is 5.26 Å². The number of esters is 1. The third kappa shape index (κ3) is 33.7. The first-order valence-corrected chi connectivity index (χ1v) is 40.9. The minimum absolute atomic E-state index is 0. The number of carboxylic acid groups (broad SMARTS) is 1. The number of nitrogens with one attached hydrogen (secondary N) is 1. The van der Waals surface area contributed by atoms with Crippen LogP contribution < -0.4 is 11.1 Å². The van der Waals surface area contributed by atoms with Gasteiger partial charge in [-0.25, -0.2) is 59.3 Å². The van der Waals surface area contributed by atoms with Crippen LogP contribution in [0.5, 0.6) is 0 Å². The number of piperidine rings is 4. The molecule has 29 heteroatoms. The van der Waals surface area contributed by atoms with Crippen molar-refractivity contribution in [1.82, 2.24) is 29.8 Å². The Kier molecular flexibility index (Phi) is 42.9. The number of β-amino-alcohol motifs (C(OH)–C–C–N with tert-alkyl or cyclic N) is 2. The number of likely N-dealkylation sites (tertiary alicyclic amines) is 4. The van der Waals surface area contributed by atoms with Gasteiger partial charge in [-0.1, -0.05) is 43.8 Å². The van der Waals surface area contributed by atoms with Crippen LogP contribution in [0.25, 0.3) is 4.85 Å². The number of carbonyl (C=O) groups is 3. The summed E-state index contributed by atoms with van der Waals surface area (Å²) < 4.78 is 166. The maximum absolute atomic E-state index is 14.2. The number of unbranched alkanes of at least 4 members (excludes halogenated alkanes) is 1. The smallest absolute Gasteiger partial charge is 0.309 e. The maximum Gasteiger partial charge on any atom is 0.309 e. The Morgan fingerprint density at radius 3 is 1.12 bits per heavy atom. The zero-order valence-corrected chi connectivity index (χ0v) is 76.8. The molecule has 6 aromatic rings. The number of aliphatic hydroxyl groups is 2. The average Bonchev–Trinajstić information content (AvgIpc) is 0.800. The Bertz CT molecular complexity index is 4380. The minimum Gasteiger partial charge on any atom is -0.481 e. The number of halogens is 12. The van der Waals surface area contributed by atoms with E-state index in [-0.39, 0.29) is 133 Å². The number of nitriles is 1. The van der Waals surface area contributed by atoms with Crippen molar-refractivity contribution < 1.29 is 120 Å². The van der Waals surface area contributed by atoms with Gasteiger partial charge in [0.1, 0.15) is 69.8 Å². The van der Waals surface area contributed by atoms with Crippen molar-refractivity contribution >= 4 is 17.8 Å². The van der Waals surface area contributed by atoms with Crippen LogP contribution in [-0.4, -0.2) is 176 Å². The largest absolute Gasteiger partial charge is 0.481 e. The molecule has 4 fully saturated rings. The van der Waals surface area contributed by atoms with E-state index in [2.05, 4.69) is 98.1 Å². The molecule has 1 amide bonds. The zero-order chi connectivity index (χ0) is 91.4. The molecule has 1 unspecified atom stereocenters. The number of rotatable bonds is 16. The van der Waals surface area contributed by atoms with Crippen LogP contribution in [-0.2, 0) is 51.8 Å². The van der Waals surface area contributed by atoms with E-state index in [9.17, 15) is 82.4 Å². The number of aliphatic carboxylic acids is 1. The fourth-order valence-corrected chi connectivity index (χ4v) is 15.3. The van der Waals surface area contributed by atoms with E-state index >= 15 is 0 Å². The van der Waals surface area contributed by atoms with Crippen molar-refractivity contribution in [3.05, 3.63) is 224 Å². The first-order chi connectivity index (χ1) is 56.0. The normalized spacial score (nSPS) is 20.4. The molecule has 0 spiro atoms. The van der Waals surface area contributed by atoms with Crippen LogP contribution in [0.15, 0.2) is 109 Å². The predicted octanol–water partition coefficient (Wildman–Crippen LogP) is 19.5. The van der Waals surface area contributed by atoms with Crippen LogP contribution in [0.1, 0.15) is 240 Å². The molecule has 123 heavy (non-hydrogen) atoms. The van der Waals surface area contributed by atoms with E-state index in [1.54, 1.807) is 0 Å². The fraction of sp³-hybridized carbons (Fsp3) is 0.564. The number of nitrogens with two attached hydrogens (primary N) is 1. The summed E-state index contributed by atoms with van der Waals surface area (Å²) in [6, 6.07) is 22.3. The first kappa shape index (κ1) is 110. The SMILES string of the molecule is C.CC(C)(C)N(CCCC#N)C[C@@H](O)c1ccc(F)cc1F.CC(C)(C)N1CC[C@@H](C(=O)O)[C@H](c2ccc(F)cc2F)C1.CC(C)(C)N1CC[C@@H](C(N)=O)[C@H](c2ccc(F)cc2F)C1.CC(C)(C)NC[C@@H](O)c1ccc(F)cc1F.COC(=O)[C@@H]1CCN(C(C)(C)C)C[C@H]1c1ccc(F)cc1F.[C-]#[N+]C1CCN(C(C)(C)C)C[C@H]1c1ccc(F)cc1F.[Y]. The second kappa shape index (κ2) is 48.0. The molecule has 6 aromatic carbocycles. The molecule has 6 N–H and O–H groups in total. The molecule has 10 atom stereocenters. The number of nitrogens with zero attached hydrogens (tertiary/aromatic N) is 7. The van der Waals surface area contributed by atoms with Crippen molar-refractivity contribution in [3.8, 4) is 6.07 Å². The number of aliphatic hydroxyl groups excluding tert-OH is 2. The van der Waals surface area contributed by atoms with Gasteiger partial charge in [0.25, 0.3) is 0 Å². The quantitative estimate of drug-likeness (QED) is 0.0265. The molecule has 4 heterocycles. The van der Waals surface area contributed by atoms with Gasteiger partial charge in [0, 0.05) is 201 Å². The van der Waals surface area contributed by atoms with Gasteiger partial charge >= 0.3 is 11.9 Å². The number of carbonyl (C=O) groups excluding carboxylic acids is 2. The summed E-state index contributed by atoms with van der Waals surface area (Å²) in [5.41, 5.74) is 6.53. The topological polar surface area (TPSA) is 204 Å². The molecule has 4 aliphatic heterocycles. The number of primary amides is 1. The Labute approximate surface area is 746 Å². The van der Waals surface area contributed by atoms with Gasteiger partial charge in [-0.3, -0.25) is 38.9 Å². The Hall–Kier alpha value is -7.35. The van der Waals surface area contributed by atoms with Gasteiger partial charge in [-0.05, 0) is 230 Å². The third-order valence-electron chi connectivity index (χ3n) is 22.5. The number of ether oxygens (including phenoxy) is 1. The van der Waals surface area contributed by atoms with Gasteiger partial charge in [0.15, 0.2) is 0 Å². The molecule has 1 radical (unpaired) electrons.